The molecule has 22 heavy (non-hydrogen) atoms. The van der Waals surface area contributed by atoms with Gasteiger partial charge in [-0.2, -0.15) is 4.98 Å². The lowest BCUT2D eigenvalue weighted by Gasteiger charge is -2.39. The third kappa shape index (κ3) is 2.43. The number of aryl methyl sites for hydroxylation is 1. The van der Waals surface area contributed by atoms with E-state index in [2.05, 4.69) is 27.0 Å². The number of hydrogen-bond donors (Lipinski definition) is 0. The second kappa shape index (κ2) is 5.05. The molecule has 0 bridgehead atoms. The van der Waals surface area contributed by atoms with Gasteiger partial charge in [0.2, 0.25) is 11.8 Å². The summed E-state index contributed by atoms with van der Waals surface area (Å²) >= 11 is 0. The summed E-state index contributed by atoms with van der Waals surface area (Å²) in [6.45, 7) is 4.74. The minimum Gasteiger partial charge on any atom is -0.342 e. The second-order valence-electron chi connectivity index (χ2n) is 7.41. The Hall–Kier alpha value is -1.43. The largest absolute Gasteiger partial charge is 0.342 e. The number of rotatable bonds is 2. The van der Waals surface area contributed by atoms with E-state index in [4.69, 9.17) is 4.52 Å². The normalized spacial score (nSPS) is 28.5. The summed E-state index contributed by atoms with van der Waals surface area (Å²) in [6.07, 6.45) is 5.48. The molecule has 1 aromatic rings. The molecule has 0 aromatic carbocycles. The van der Waals surface area contributed by atoms with Crippen molar-refractivity contribution in [1.82, 2.24) is 19.9 Å². The number of piperidine rings is 1. The molecule has 6 nitrogen and oxygen atoms in total. The van der Waals surface area contributed by atoms with Gasteiger partial charge in [-0.25, -0.2) is 0 Å². The molecule has 1 saturated carbocycles. The molecule has 120 valence electrons. The van der Waals surface area contributed by atoms with E-state index < -0.39 is 0 Å². The van der Waals surface area contributed by atoms with Crippen molar-refractivity contribution in [2.75, 3.05) is 26.7 Å². The minimum atomic E-state index is 0.253. The van der Waals surface area contributed by atoms with E-state index in [1.54, 1.807) is 0 Å². The number of carbonyl (C=O) groups is 1. The zero-order chi connectivity index (χ0) is 15.3. The van der Waals surface area contributed by atoms with Crippen molar-refractivity contribution in [3.8, 4) is 0 Å². The van der Waals surface area contributed by atoms with Gasteiger partial charge in [-0.1, -0.05) is 5.16 Å². The van der Waals surface area contributed by atoms with Crippen molar-refractivity contribution < 1.29 is 9.32 Å². The molecule has 4 rings (SSSR count). The molecule has 1 amide bonds. The van der Waals surface area contributed by atoms with Crippen molar-refractivity contribution in [2.24, 2.45) is 11.3 Å². The Morgan fingerprint density at radius 2 is 2.05 bits per heavy atom. The van der Waals surface area contributed by atoms with Gasteiger partial charge in [-0.15, -0.1) is 0 Å². The number of carbonyl (C=O) groups excluding carboxylic acids is 1. The minimum absolute atomic E-state index is 0.253. The topological polar surface area (TPSA) is 62.5 Å². The lowest BCUT2D eigenvalue weighted by molar-refractivity contribution is -0.134. The highest BCUT2D eigenvalue weighted by atomic mass is 16.5. The highest BCUT2D eigenvalue weighted by Gasteiger charge is 2.47. The smallest absolute Gasteiger partial charge is 0.225 e. The molecule has 1 aromatic heterocycles. The average molecular weight is 304 g/mol. The van der Waals surface area contributed by atoms with Gasteiger partial charge in [0.25, 0.3) is 0 Å². The van der Waals surface area contributed by atoms with Gasteiger partial charge >= 0.3 is 0 Å². The molecule has 3 heterocycles. The highest BCUT2D eigenvalue weighted by molar-refractivity contribution is 5.81. The van der Waals surface area contributed by atoms with Gasteiger partial charge in [0.05, 0.1) is 6.04 Å². The summed E-state index contributed by atoms with van der Waals surface area (Å²) in [5.41, 5.74) is 0.314. The zero-order valence-electron chi connectivity index (χ0n) is 13.4. The predicted octanol–water partition coefficient (Wildman–Crippen LogP) is 1.77. The Labute approximate surface area is 130 Å². The van der Waals surface area contributed by atoms with E-state index in [0.717, 1.165) is 57.6 Å². The second-order valence-corrected chi connectivity index (χ2v) is 7.41. The van der Waals surface area contributed by atoms with Crippen molar-refractivity contribution in [2.45, 2.75) is 45.1 Å². The number of amides is 1. The Morgan fingerprint density at radius 3 is 2.64 bits per heavy atom. The third-order valence-electron chi connectivity index (χ3n) is 5.65. The van der Waals surface area contributed by atoms with Crippen LogP contribution in [0.15, 0.2) is 4.52 Å². The molecule has 1 unspecified atom stereocenters. The molecule has 1 atom stereocenters. The maximum Gasteiger partial charge on any atom is 0.225 e. The molecule has 3 aliphatic rings. The summed E-state index contributed by atoms with van der Waals surface area (Å²) in [5, 5.41) is 4.11. The Balaban J connectivity index is 1.42. The lowest BCUT2D eigenvalue weighted by atomic mass is 9.76. The van der Waals surface area contributed by atoms with E-state index in [1.165, 1.54) is 0 Å². The third-order valence-corrected chi connectivity index (χ3v) is 5.65. The molecule has 1 spiro atoms. The van der Waals surface area contributed by atoms with Crippen LogP contribution in [0, 0.1) is 18.3 Å². The fourth-order valence-electron chi connectivity index (χ4n) is 4.16. The Kier molecular flexibility index (Phi) is 3.25. The first-order valence-electron chi connectivity index (χ1n) is 8.36. The Bertz CT molecular complexity index is 572. The van der Waals surface area contributed by atoms with E-state index in [0.29, 0.717) is 23.1 Å². The van der Waals surface area contributed by atoms with Gasteiger partial charge < -0.3 is 9.42 Å². The van der Waals surface area contributed by atoms with E-state index in [1.807, 2.05) is 6.92 Å². The first-order chi connectivity index (χ1) is 10.6. The summed E-state index contributed by atoms with van der Waals surface area (Å²) in [5.74, 6) is 2.18. The van der Waals surface area contributed by atoms with Crippen molar-refractivity contribution in [3.63, 3.8) is 0 Å². The van der Waals surface area contributed by atoms with Crippen LogP contribution in [0.3, 0.4) is 0 Å². The van der Waals surface area contributed by atoms with Crippen LogP contribution >= 0.6 is 0 Å². The van der Waals surface area contributed by atoms with Gasteiger partial charge in [0.1, 0.15) is 0 Å². The van der Waals surface area contributed by atoms with Crippen LogP contribution in [-0.2, 0) is 4.79 Å². The summed E-state index contributed by atoms with van der Waals surface area (Å²) in [7, 11) is 2.15. The first kappa shape index (κ1) is 14.2. The molecule has 6 heteroatoms. The summed E-state index contributed by atoms with van der Waals surface area (Å²) in [6, 6.07) is 0.253. The van der Waals surface area contributed by atoms with Crippen LogP contribution in [0.5, 0.6) is 0 Å². The number of aromatic nitrogens is 2. The average Bonchev–Trinajstić information content (AvgIpc) is 3.19. The number of nitrogens with zero attached hydrogens (tertiary/aromatic N) is 4. The van der Waals surface area contributed by atoms with E-state index in [9.17, 15) is 4.79 Å². The molecule has 2 saturated heterocycles. The summed E-state index contributed by atoms with van der Waals surface area (Å²) in [4.78, 5) is 21.1. The van der Waals surface area contributed by atoms with Gasteiger partial charge in [-0.05, 0) is 44.6 Å². The quantitative estimate of drug-likeness (QED) is 0.833. The molecule has 2 aliphatic heterocycles. The van der Waals surface area contributed by atoms with Gasteiger partial charge in [-0.3, -0.25) is 9.69 Å². The maximum absolute atomic E-state index is 12.2. The lowest BCUT2D eigenvalue weighted by Crippen LogP contribution is -2.44. The fourth-order valence-corrected chi connectivity index (χ4v) is 4.16. The highest BCUT2D eigenvalue weighted by Crippen LogP contribution is 2.48. The first-order valence-corrected chi connectivity index (χ1v) is 8.36. The molecular formula is C16H24N4O2. The SMILES string of the molecule is Cc1nc(C2CC3(CCN(C(=O)C4CC4)CC3)CN2C)no1. The summed E-state index contributed by atoms with van der Waals surface area (Å²) < 4.78 is 5.14. The van der Waals surface area contributed by atoms with Crippen LogP contribution in [0.4, 0.5) is 0 Å². The molecule has 3 fully saturated rings. The van der Waals surface area contributed by atoms with Gasteiger partial charge in [0, 0.05) is 32.5 Å². The molecule has 0 radical (unpaired) electrons. The van der Waals surface area contributed by atoms with Crippen LogP contribution < -0.4 is 0 Å². The monoisotopic (exact) mass is 304 g/mol. The predicted molar refractivity (Wildman–Crippen MR) is 80.0 cm³/mol. The van der Waals surface area contributed by atoms with Crippen LogP contribution in [0.1, 0.15) is 49.9 Å². The van der Waals surface area contributed by atoms with Gasteiger partial charge in [0.15, 0.2) is 5.82 Å². The van der Waals surface area contributed by atoms with E-state index >= 15 is 0 Å². The number of hydrogen-bond acceptors (Lipinski definition) is 5. The molecular weight excluding hydrogens is 280 g/mol. The van der Waals surface area contributed by atoms with E-state index in [-0.39, 0.29) is 6.04 Å². The Morgan fingerprint density at radius 1 is 1.32 bits per heavy atom. The van der Waals surface area contributed by atoms with Crippen LogP contribution in [0.25, 0.3) is 0 Å². The zero-order valence-corrected chi connectivity index (χ0v) is 13.4. The van der Waals surface area contributed by atoms with Crippen molar-refractivity contribution in [1.29, 1.82) is 0 Å². The number of likely N-dealkylation sites (tertiary alicyclic amines) is 2. The molecule has 1 aliphatic carbocycles. The van der Waals surface area contributed by atoms with Crippen molar-refractivity contribution >= 4 is 5.91 Å². The molecule has 0 N–H and O–H groups in total. The fraction of sp³-hybridized carbons (Fsp3) is 0.812. The standard InChI is InChI=1S/C16H24N4O2/c1-11-17-14(18-22-11)13-9-16(10-19(13)2)5-7-20(8-6-16)15(21)12-3-4-12/h12-13H,3-10H2,1-2H3. The van der Waals surface area contributed by atoms with Crippen molar-refractivity contribution in [3.05, 3.63) is 11.7 Å². The van der Waals surface area contributed by atoms with Crippen LogP contribution in [0.2, 0.25) is 0 Å². The van der Waals surface area contributed by atoms with Crippen LogP contribution in [-0.4, -0.2) is 52.5 Å². The maximum atomic E-state index is 12.2.